The molecule has 0 unspecified atom stereocenters. The van der Waals surface area contributed by atoms with Gasteiger partial charge in [0.2, 0.25) is 5.91 Å². The van der Waals surface area contributed by atoms with Gasteiger partial charge in [-0.1, -0.05) is 72.8 Å². The lowest BCUT2D eigenvalue weighted by Crippen LogP contribution is -2.47. The number of rotatable bonds is 12. The topological polar surface area (TPSA) is 129 Å². The van der Waals surface area contributed by atoms with Gasteiger partial charge < -0.3 is 25.8 Å². The van der Waals surface area contributed by atoms with Crippen molar-refractivity contribution in [3.8, 4) is 5.75 Å². The number of amides is 1. The Labute approximate surface area is 211 Å². The lowest BCUT2D eigenvalue weighted by Gasteiger charge is -2.33. The quantitative estimate of drug-likeness (QED) is 0.175. The maximum Gasteiger partial charge on any atom is 0.326 e. The molecular weight excluding hydrogens is 456 g/mol. The number of carboxylic acids is 1. The maximum absolute atomic E-state index is 14.2. The van der Waals surface area contributed by atoms with Crippen LogP contribution in [0.2, 0.25) is 0 Å². The first kappa shape index (κ1) is 26.3. The Kier molecular flexibility index (Phi) is 9.45. The third-order valence-electron chi connectivity index (χ3n) is 5.94. The molecule has 1 amide bonds. The van der Waals surface area contributed by atoms with Crippen molar-refractivity contribution in [3.05, 3.63) is 102 Å². The minimum Gasteiger partial charge on any atom is -0.497 e. The van der Waals surface area contributed by atoms with E-state index < -0.39 is 17.9 Å². The molecule has 0 aliphatic carbocycles. The van der Waals surface area contributed by atoms with Gasteiger partial charge in [-0.15, -0.1) is 0 Å². The van der Waals surface area contributed by atoms with E-state index in [1.807, 2.05) is 72.8 Å². The van der Waals surface area contributed by atoms with Gasteiger partial charge in [-0.2, -0.15) is 0 Å². The molecule has 188 valence electrons. The molecule has 3 rings (SSSR count). The summed E-state index contributed by atoms with van der Waals surface area (Å²) in [6.07, 6.45) is 0.623. The van der Waals surface area contributed by atoms with Crippen LogP contribution in [-0.2, 0) is 16.1 Å². The average molecular weight is 489 g/mol. The third kappa shape index (κ3) is 7.09. The molecule has 0 saturated heterocycles. The molecule has 3 aromatic rings. The summed E-state index contributed by atoms with van der Waals surface area (Å²) >= 11 is 0. The molecule has 0 bridgehead atoms. The standard InChI is InChI=1S/C28H32N4O4/c1-36-23-16-14-20(15-17-23)19-32(24(27(34)35)13-8-18-31-28(29)30)26(33)25(21-9-4-2-5-10-21)22-11-6-3-7-12-22/h2-7,9-12,14-17,24-25H,8,13,18-19H2,1H3,(H,34,35)(H4,29,30,31)/t24-/m0/s1. The van der Waals surface area contributed by atoms with E-state index in [0.717, 1.165) is 16.7 Å². The highest BCUT2D eigenvalue weighted by Crippen LogP contribution is 2.29. The number of hydrogen-bond donors (Lipinski definition) is 4. The number of carbonyl (C=O) groups is 2. The molecule has 0 saturated carbocycles. The van der Waals surface area contributed by atoms with Crippen molar-refractivity contribution in [1.29, 1.82) is 5.41 Å². The van der Waals surface area contributed by atoms with Gasteiger partial charge in [0.05, 0.1) is 13.0 Å². The third-order valence-corrected chi connectivity index (χ3v) is 5.94. The van der Waals surface area contributed by atoms with Crippen LogP contribution in [0.25, 0.3) is 0 Å². The summed E-state index contributed by atoms with van der Waals surface area (Å²) in [5, 5.41) is 20.2. The van der Waals surface area contributed by atoms with Crippen LogP contribution >= 0.6 is 0 Å². The first-order valence-electron chi connectivity index (χ1n) is 11.7. The molecule has 0 heterocycles. The van der Waals surface area contributed by atoms with Crippen molar-refractivity contribution in [2.24, 2.45) is 5.73 Å². The second kappa shape index (κ2) is 12.9. The van der Waals surface area contributed by atoms with Crippen LogP contribution in [0.3, 0.4) is 0 Å². The molecule has 0 aromatic heterocycles. The van der Waals surface area contributed by atoms with E-state index in [-0.39, 0.29) is 24.8 Å². The number of hydrogen-bond acceptors (Lipinski definition) is 4. The van der Waals surface area contributed by atoms with E-state index in [4.69, 9.17) is 15.9 Å². The molecule has 0 aliphatic rings. The van der Waals surface area contributed by atoms with Gasteiger partial charge in [0, 0.05) is 13.1 Å². The number of benzene rings is 3. The molecule has 8 heteroatoms. The summed E-state index contributed by atoms with van der Waals surface area (Å²) < 4.78 is 5.24. The lowest BCUT2D eigenvalue weighted by atomic mass is 9.89. The van der Waals surface area contributed by atoms with Gasteiger partial charge in [-0.25, -0.2) is 4.79 Å². The summed E-state index contributed by atoms with van der Waals surface area (Å²) in [7, 11) is 1.57. The highest BCUT2D eigenvalue weighted by atomic mass is 16.5. The number of nitrogens with two attached hydrogens (primary N) is 1. The predicted molar refractivity (Wildman–Crippen MR) is 139 cm³/mol. The first-order chi connectivity index (χ1) is 17.4. The van der Waals surface area contributed by atoms with Crippen LogP contribution in [0, 0.1) is 5.41 Å². The number of guanidine groups is 1. The number of ether oxygens (including phenoxy) is 1. The number of methoxy groups -OCH3 is 1. The molecule has 0 radical (unpaired) electrons. The van der Waals surface area contributed by atoms with E-state index in [2.05, 4.69) is 5.32 Å². The van der Waals surface area contributed by atoms with Crippen LogP contribution in [0.15, 0.2) is 84.9 Å². The Bertz CT molecular complexity index is 1100. The second-order valence-corrected chi connectivity index (χ2v) is 8.41. The number of carbonyl (C=O) groups excluding carboxylic acids is 1. The van der Waals surface area contributed by atoms with Crippen LogP contribution < -0.4 is 15.8 Å². The van der Waals surface area contributed by atoms with Gasteiger partial charge in [0.1, 0.15) is 11.8 Å². The number of nitrogens with zero attached hydrogens (tertiary/aromatic N) is 1. The van der Waals surface area contributed by atoms with Gasteiger partial charge in [-0.05, 0) is 41.7 Å². The van der Waals surface area contributed by atoms with Crippen LogP contribution in [0.1, 0.15) is 35.4 Å². The van der Waals surface area contributed by atoms with Crippen molar-refractivity contribution in [2.75, 3.05) is 13.7 Å². The van der Waals surface area contributed by atoms with E-state index in [1.54, 1.807) is 19.2 Å². The van der Waals surface area contributed by atoms with E-state index in [9.17, 15) is 14.7 Å². The molecule has 5 N–H and O–H groups in total. The van der Waals surface area contributed by atoms with Crippen molar-refractivity contribution in [1.82, 2.24) is 10.2 Å². The molecule has 1 atom stereocenters. The number of aliphatic carboxylic acids is 1. The van der Waals surface area contributed by atoms with E-state index in [0.29, 0.717) is 18.7 Å². The van der Waals surface area contributed by atoms with Gasteiger partial charge >= 0.3 is 5.97 Å². The Hall–Kier alpha value is -4.33. The molecule has 8 nitrogen and oxygen atoms in total. The van der Waals surface area contributed by atoms with Crippen molar-refractivity contribution in [3.63, 3.8) is 0 Å². The largest absolute Gasteiger partial charge is 0.497 e. The van der Waals surface area contributed by atoms with Gasteiger partial charge in [0.25, 0.3) is 0 Å². The fourth-order valence-electron chi connectivity index (χ4n) is 4.13. The summed E-state index contributed by atoms with van der Waals surface area (Å²) in [5.41, 5.74) is 7.72. The summed E-state index contributed by atoms with van der Waals surface area (Å²) in [6.45, 7) is 0.459. The molecule has 3 aromatic carbocycles. The molecule has 0 aliphatic heterocycles. The second-order valence-electron chi connectivity index (χ2n) is 8.41. The Morgan fingerprint density at radius 3 is 2.00 bits per heavy atom. The van der Waals surface area contributed by atoms with Gasteiger partial charge in [0.15, 0.2) is 5.96 Å². The first-order valence-corrected chi connectivity index (χ1v) is 11.7. The SMILES string of the molecule is COc1ccc(CN(C(=O)C(c2ccccc2)c2ccccc2)[C@@H](CCCNC(=N)N)C(=O)O)cc1. The van der Waals surface area contributed by atoms with E-state index in [1.165, 1.54) is 4.90 Å². The molecule has 0 fully saturated rings. The van der Waals surface area contributed by atoms with Crippen molar-refractivity contribution < 1.29 is 19.4 Å². The van der Waals surface area contributed by atoms with Crippen LogP contribution in [0.5, 0.6) is 5.75 Å². The molecular formula is C28H32N4O4. The van der Waals surface area contributed by atoms with Crippen molar-refractivity contribution in [2.45, 2.75) is 31.3 Å². The van der Waals surface area contributed by atoms with Gasteiger partial charge in [-0.3, -0.25) is 10.2 Å². The summed E-state index contributed by atoms with van der Waals surface area (Å²) in [6, 6.07) is 24.9. The zero-order valence-electron chi connectivity index (χ0n) is 20.3. The number of carboxylic acid groups (broad SMARTS) is 1. The maximum atomic E-state index is 14.2. The lowest BCUT2D eigenvalue weighted by molar-refractivity contribution is -0.151. The normalized spacial score (nSPS) is 11.5. The minimum absolute atomic E-state index is 0.121. The predicted octanol–water partition coefficient (Wildman–Crippen LogP) is 3.57. The average Bonchev–Trinajstić information content (AvgIpc) is 2.89. The zero-order valence-corrected chi connectivity index (χ0v) is 20.3. The molecule has 0 spiro atoms. The van der Waals surface area contributed by atoms with Crippen LogP contribution in [0.4, 0.5) is 0 Å². The molecule has 36 heavy (non-hydrogen) atoms. The summed E-state index contributed by atoms with van der Waals surface area (Å²) in [4.78, 5) is 28.1. The fraction of sp³-hybridized carbons (Fsp3) is 0.250. The Morgan fingerprint density at radius 2 is 1.53 bits per heavy atom. The van der Waals surface area contributed by atoms with Crippen molar-refractivity contribution >= 4 is 17.8 Å². The Morgan fingerprint density at radius 1 is 0.972 bits per heavy atom. The summed E-state index contributed by atoms with van der Waals surface area (Å²) in [5.74, 6) is -1.55. The highest BCUT2D eigenvalue weighted by Gasteiger charge is 2.35. The highest BCUT2D eigenvalue weighted by molar-refractivity contribution is 5.90. The zero-order chi connectivity index (χ0) is 25.9. The van der Waals surface area contributed by atoms with E-state index >= 15 is 0 Å². The monoisotopic (exact) mass is 488 g/mol. The number of nitrogens with one attached hydrogen (secondary N) is 2. The van der Waals surface area contributed by atoms with Crippen LogP contribution in [-0.4, -0.2) is 47.5 Å². The minimum atomic E-state index is -1.08. The fourth-order valence-corrected chi connectivity index (χ4v) is 4.13. The smallest absolute Gasteiger partial charge is 0.326 e. The Balaban J connectivity index is 2.00.